The van der Waals surface area contributed by atoms with Crippen molar-refractivity contribution in [1.82, 2.24) is 0 Å². The van der Waals surface area contributed by atoms with Crippen LogP contribution in [0.2, 0.25) is 0 Å². The molecular weight excluding hydrogens is 281 g/mol. The fourth-order valence-corrected chi connectivity index (χ4v) is 0.605. The Kier molecular flexibility index (Phi) is 11.3. The molecule has 0 N–H and O–H groups in total. The maximum absolute atomic E-state index is 10.4. The Bertz CT molecular complexity index is 199. The second-order valence-corrected chi connectivity index (χ2v) is 2.43. The maximum Gasteiger partial charge on any atom is 0.302 e. The predicted molar refractivity (Wildman–Crippen MR) is 43.8 cm³/mol. The summed E-state index contributed by atoms with van der Waals surface area (Å²) in [5, 5.41) is 0. The van der Waals surface area contributed by atoms with Crippen LogP contribution >= 0.6 is 0 Å². The molecule has 0 aromatic carbocycles. The molecule has 0 aliphatic heterocycles. The zero-order valence-electron chi connectivity index (χ0n) is 8.52. The van der Waals surface area contributed by atoms with Crippen molar-refractivity contribution in [1.29, 1.82) is 0 Å². The molecule has 0 rings (SSSR count). The summed E-state index contributed by atoms with van der Waals surface area (Å²) in [6, 6.07) is 0. The summed E-state index contributed by atoms with van der Waals surface area (Å²) in [5.41, 5.74) is 0. The molecule has 6 nitrogen and oxygen atoms in total. The van der Waals surface area contributed by atoms with Gasteiger partial charge in [-0.2, -0.15) is 0 Å². The van der Waals surface area contributed by atoms with Gasteiger partial charge in [-0.25, -0.2) is 0 Å². The molecule has 0 atom stereocenters. The SMILES string of the molecule is CC(=O)OCC(COC(C)=O)O[C-]=O.[Y]. The van der Waals surface area contributed by atoms with Gasteiger partial charge in [0.1, 0.15) is 19.3 Å². The van der Waals surface area contributed by atoms with Gasteiger partial charge in [-0.05, 0) is 0 Å². The summed E-state index contributed by atoms with van der Waals surface area (Å²) in [7, 11) is 0. The van der Waals surface area contributed by atoms with Crippen LogP contribution in [-0.4, -0.2) is 37.7 Å². The molecule has 15 heavy (non-hydrogen) atoms. The van der Waals surface area contributed by atoms with Crippen LogP contribution in [0.25, 0.3) is 0 Å². The van der Waals surface area contributed by atoms with Crippen molar-refractivity contribution in [3.63, 3.8) is 0 Å². The Hall–Kier alpha value is -0.486. The number of carbonyl (C=O) groups excluding carboxylic acids is 3. The van der Waals surface area contributed by atoms with Crippen LogP contribution in [0.5, 0.6) is 0 Å². The van der Waals surface area contributed by atoms with E-state index in [1.165, 1.54) is 20.3 Å². The fourth-order valence-electron chi connectivity index (χ4n) is 0.605. The Balaban J connectivity index is 0. The molecule has 0 spiro atoms. The molecule has 0 aromatic heterocycles. The molecule has 0 saturated heterocycles. The van der Waals surface area contributed by atoms with E-state index in [2.05, 4.69) is 14.2 Å². The van der Waals surface area contributed by atoms with E-state index in [-0.39, 0.29) is 45.9 Å². The van der Waals surface area contributed by atoms with E-state index in [1.807, 2.05) is 0 Å². The number of ether oxygens (including phenoxy) is 3. The van der Waals surface area contributed by atoms with Crippen LogP contribution in [0.1, 0.15) is 13.8 Å². The first kappa shape index (κ1) is 16.9. The van der Waals surface area contributed by atoms with Crippen molar-refractivity contribution in [3.05, 3.63) is 0 Å². The maximum atomic E-state index is 10.4. The first-order chi connectivity index (χ1) is 6.56. The number of hydrogen-bond donors (Lipinski definition) is 0. The molecule has 0 bridgehead atoms. The molecule has 0 aliphatic rings. The molecule has 1 radical (unpaired) electrons. The van der Waals surface area contributed by atoms with Crippen molar-refractivity contribution in [2.24, 2.45) is 0 Å². The second kappa shape index (κ2) is 10.0. The predicted octanol–water partition coefficient (Wildman–Crippen LogP) is -0.438. The van der Waals surface area contributed by atoms with Crippen LogP contribution in [0.4, 0.5) is 0 Å². The summed E-state index contributed by atoms with van der Waals surface area (Å²) >= 11 is 0. The van der Waals surface area contributed by atoms with Gasteiger partial charge in [0.05, 0.1) is 0 Å². The number of hydrogen-bond acceptors (Lipinski definition) is 6. The van der Waals surface area contributed by atoms with Crippen LogP contribution < -0.4 is 0 Å². The number of rotatable bonds is 6. The third-order valence-corrected chi connectivity index (χ3v) is 1.16. The quantitative estimate of drug-likeness (QED) is 0.375. The zero-order chi connectivity index (χ0) is 11.0. The minimum Gasteiger partial charge on any atom is -0.646 e. The molecule has 0 amide bonds. The smallest absolute Gasteiger partial charge is 0.302 e. The summed E-state index contributed by atoms with van der Waals surface area (Å²) in [6.45, 7) is 3.30. The van der Waals surface area contributed by atoms with Gasteiger partial charge in [0.2, 0.25) is 0 Å². The van der Waals surface area contributed by atoms with Gasteiger partial charge in [-0.15, -0.1) is 0 Å². The van der Waals surface area contributed by atoms with Crippen LogP contribution in [-0.2, 0) is 61.3 Å². The Morgan fingerprint density at radius 1 is 1.13 bits per heavy atom. The average molecular weight is 292 g/mol. The van der Waals surface area contributed by atoms with Gasteiger partial charge >= 0.3 is 11.9 Å². The Morgan fingerprint density at radius 3 is 1.80 bits per heavy atom. The Labute approximate surface area is 113 Å². The summed E-state index contributed by atoms with van der Waals surface area (Å²) in [4.78, 5) is 30.7. The normalized spacial score (nSPS) is 8.73. The summed E-state index contributed by atoms with van der Waals surface area (Å²) in [5.74, 6) is -1.01. The van der Waals surface area contributed by atoms with Crippen LogP contribution in [0.3, 0.4) is 0 Å². The van der Waals surface area contributed by atoms with Gasteiger partial charge in [-0.1, -0.05) is 6.47 Å². The van der Waals surface area contributed by atoms with Crippen LogP contribution in [0, 0.1) is 0 Å². The second-order valence-electron chi connectivity index (χ2n) is 2.43. The van der Waals surface area contributed by atoms with Crippen molar-refractivity contribution in [2.75, 3.05) is 13.2 Å². The van der Waals surface area contributed by atoms with Gasteiger partial charge in [-0.3, -0.25) is 9.59 Å². The summed E-state index contributed by atoms with van der Waals surface area (Å²) in [6.07, 6.45) is -0.805. The Morgan fingerprint density at radius 2 is 1.53 bits per heavy atom. The van der Waals surface area contributed by atoms with Gasteiger partial charge in [0, 0.05) is 46.6 Å². The van der Waals surface area contributed by atoms with Crippen molar-refractivity contribution in [2.45, 2.75) is 20.0 Å². The van der Waals surface area contributed by atoms with E-state index in [0.29, 0.717) is 0 Å². The van der Waals surface area contributed by atoms with Crippen molar-refractivity contribution in [3.8, 4) is 0 Å². The molecule has 7 heteroatoms. The molecule has 0 unspecified atom stereocenters. The van der Waals surface area contributed by atoms with E-state index >= 15 is 0 Å². The monoisotopic (exact) mass is 292 g/mol. The molecule has 0 saturated carbocycles. The van der Waals surface area contributed by atoms with E-state index < -0.39 is 18.0 Å². The zero-order valence-corrected chi connectivity index (χ0v) is 11.4. The van der Waals surface area contributed by atoms with E-state index in [1.54, 1.807) is 0 Å². The summed E-state index contributed by atoms with van der Waals surface area (Å²) < 4.78 is 13.5. The van der Waals surface area contributed by atoms with Gasteiger partial charge < -0.3 is 19.0 Å². The van der Waals surface area contributed by atoms with Crippen molar-refractivity contribution >= 4 is 18.4 Å². The molecule has 0 heterocycles. The topological polar surface area (TPSA) is 78.9 Å². The third kappa shape index (κ3) is 11.4. The van der Waals surface area contributed by atoms with Crippen molar-refractivity contribution < 1.29 is 61.3 Å². The molecule has 0 fully saturated rings. The average Bonchev–Trinajstić information content (AvgIpc) is 2.09. The van der Waals surface area contributed by atoms with Gasteiger partial charge in [0.15, 0.2) is 0 Å². The van der Waals surface area contributed by atoms with Gasteiger partial charge in [0.25, 0.3) is 0 Å². The van der Waals surface area contributed by atoms with E-state index in [9.17, 15) is 14.4 Å². The molecule has 83 valence electrons. The molecule has 0 aliphatic carbocycles. The largest absolute Gasteiger partial charge is 0.646 e. The number of carbonyl (C=O) groups is 2. The molecule has 0 aromatic rings. The third-order valence-electron chi connectivity index (χ3n) is 1.16. The first-order valence-electron chi connectivity index (χ1n) is 3.85. The number of esters is 2. The minimum atomic E-state index is -0.805. The van der Waals surface area contributed by atoms with Crippen LogP contribution in [0.15, 0.2) is 0 Å². The van der Waals surface area contributed by atoms with E-state index in [4.69, 9.17) is 0 Å². The molecular formula is C8H11O6Y-. The fraction of sp³-hybridized carbons (Fsp3) is 0.625. The standard InChI is InChI=1S/C8H11O6.Y/c1-6(10)12-3-8(14-5-9)4-13-7(2)11;/h8H,3-4H2,1-2H3;/q-1;. The minimum absolute atomic E-state index is 0. The first-order valence-corrected chi connectivity index (χ1v) is 3.85. The van der Waals surface area contributed by atoms with E-state index in [0.717, 1.165) is 0 Å².